The van der Waals surface area contributed by atoms with Gasteiger partial charge in [-0.25, -0.2) is 13.6 Å². The predicted molar refractivity (Wildman–Crippen MR) is 83.2 cm³/mol. The van der Waals surface area contributed by atoms with Crippen molar-refractivity contribution in [2.24, 2.45) is 0 Å². The summed E-state index contributed by atoms with van der Waals surface area (Å²) in [7, 11) is 0. The molecule has 1 amide bonds. The Bertz CT molecular complexity index is 626. The highest BCUT2D eigenvalue weighted by molar-refractivity contribution is 5.68. The monoisotopic (exact) mass is 342 g/mol. The summed E-state index contributed by atoms with van der Waals surface area (Å²) in [5.41, 5.74) is -0.565. The van der Waals surface area contributed by atoms with Gasteiger partial charge in [-0.05, 0) is 32.8 Å². The van der Waals surface area contributed by atoms with E-state index in [0.717, 1.165) is 4.90 Å². The van der Waals surface area contributed by atoms with E-state index in [1.165, 1.54) is 24.3 Å². The normalized spacial score (nSPS) is 20.5. The Labute approximate surface area is 138 Å². The van der Waals surface area contributed by atoms with Crippen molar-refractivity contribution in [2.75, 3.05) is 13.1 Å². The van der Waals surface area contributed by atoms with Gasteiger partial charge in [0.05, 0.1) is 17.4 Å². The van der Waals surface area contributed by atoms with Crippen molar-refractivity contribution in [3.05, 3.63) is 39.9 Å². The number of nitrogens with zero attached hydrogens (tertiary/aromatic N) is 2. The van der Waals surface area contributed by atoms with Gasteiger partial charge in [0.2, 0.25) is 0 Å². The largest absolute Gasteiger partial charge is 0.444 e. The number of carbonyl (C=O) groups excluding carboxylic acids is 1. The maximum absolute atomic E-state index is 14.5. The summed E-state index contributed by atoms with van der Waals surface area (Å²) in [6.45, 7) is 4.43. The summed E-state index contributed by atoms with van der Waals surface area (Å²) in [6, 6.07) is 5.12. The molecule has 1 heterocycles. The lowest BCUT2D eigenvalue weighted by molar-refractivity contribution is -0.384. The molecule has 1 atom stereocenters. The average Bonchev–Trinajstić information content (AvgIpc) is 2.44. The summed E-state index contributed by atoms with van der Waals surface area (Å²) in [6.07, 6.45) is -0.700. The summed E-state index contributed by atoms with van der Waals surface area (Å²) in [4.78, 5) is 23.0. The molecular weight excluding hydrogens is 322 g/mol. The molecule has 6 nitrogen and oxygen atoms in total. The molecule has 1 fully saturated rings. The Morgan fingerprint density at radius 3 is 2.38 bits per heavy atom. The van der Waals surface area contributed by atoms with E-state index < -0.39 is 35.0 Å². The van der Waals surface area contributed by atoms with Crippen molar-refractivity contribution < 1.29 is 23.2 Å². The fourth-order valence-electron chi connectivity index (χ4n) is 2.66. The van der Waals surface area contributed by atoms with Gasteiger partial charge < -0.3 is 9.64 Å². The average molecular weight is 342 g/mol. The number of piperidine rings is 1. The number of amides is 1. The van der Waals surface area contributed by atoms with Gasteiger partial charge in [0.1, 0.15) is 5.60 Å². The number of halogens is 2. The number of benzene rings is 1. The minimum Gasteiger partial charge on any atom is -0.444 e. The van der Waals surface area contributed by atoms with Gasteiger partial charge >= 0.3 is 6.09 Å². The van der Waals surface area contributed by atoms with Crippen molar-refractivity contribution >= 4 is 11.8 Å². The van der Waals surface area contributed by atoms with Crippen LogP contribution in [0, 0.1) is 10.1 Å². The van der Waals surface area contributed by atoms with Crippen LogP contribution in [0.5, 0.6) is 0 Å². The number of hydrogen-bond acceptors (Lipinski definition) is 4. The first kappa shape index (κ1) is 18.1. The van der Waals surface area contributed by atoms with E-state index in [2.05, 4.69) is 0 Å². The maximum atomic E-state index is 14.5. The maximum Gasteiger partial charge on any atom is 0.410 e. The molecule has 0 aliphatic carbocycles. The van der Waals surface area contributed by atoms with E-state index in [4.69, 9.17) is 4.74 Å². The van der Waals surface area contributed by atoms with Crippen LogP contribution in [0.1, 0.15) is 38.7 Å². The van der Waals surface area contributed by atoms with Crippen molar-refractivity contribution in [1.82, 2.24) is 4.90 Å². The van der Waals surface area contributed by atoms with Gasteiger partial charge in [-0.2, -0.15) is 0 Å². The van der Waals surface area contributed by atoms with E-state index in [1.54, 1.807) is 20.8 Å². The highest BCUT2D eigenvalue weighted by Crippen LogP contribution is 2.40. The Kier molecular flexibility index (Phi) is 4.77. The zero-order valence-corrected chi connectivity index (χ0v) is 13.8. The number of non-ortho nitro benzene ring substituents is 1. The van der Waals surface area contributed by atoms with Crippen LogP contribution in [0.2, 0.25) is 0 Å². The third kappa shape index (κ3) is 4.18. The highest BCUT2D eigenvalue weighted by Gasteiger charge is 2.47. The van der Waals surface area contributed by atoms with E-state index in [-0.39, 0.29) is 18.7 Å². The van der Waals surface area contributed by atoms with E-state index >= 15 is 0 Å². The molecule has 2 rings (SSSR count). The Morgan fingerprint density at radius 2 is 1.92 bits per heavy atom. The van der Waals surface area contributed by atoms with Gasteiger partial charge in [-0.15, -0.1) is 0 Å². The van der Waals surface area contributed by atoms with Crippen LogP contribution < -0.4 is 0 Å². The van der Waals surface area contributed by atoms with Crippen molar-refractivity contribution in [2.45, 2.75) is 44.6 Å². The van der Waals surface area contributed by atoms with Crippen molar-refractivity contribution in [3.8, 4) is 0 Å². The lowest BCUT2D eigenvalue weighted by atomic mass is 9.86. The van der Waals surface area contributed by atoms with Crippen molar-refractivity contribution in [1.29, 1.82) is 0 Å². The number of ether oxygens (including phenoxy) is 1. The number of likely N-dealkylation sites (tertiary alicyclic amines) is 1. The molecule has 0 spiro atoms. The van der Waals surface area contributed by atoms with Crippen LogP contribution in [-0.4, -0.2) is 40.5 Å². The molecule has 1 saturated heterocycles. The molecule has 1 unspecified atom stereocenters. The van der Waals surface area contributed by atoms with Gasteiger partial charge in [0.25, 0.3) is 11.6 Å². The van der Waals surface area contributed by atoms with E-state index in [0.29, 0.717) is 5.56 Å². The first-order chi connectivity index (χ1) is 11.0. The minimum atomic E-state index is -3.13. The molecule has 1 aliphatic rings. The van der Waals surface area contributed by atoms with Gasteiger partial charge in [-0.3, -0.25) is 10.1 Å². The Hall–Kier alpha value is -2.25. The van der Waals surface area contributed by atoms with Crippen LogP contribution in [-0.2, 0) is 4.74 Å². The molecule has 1 aromatic rings. The number of rotatable bonds is 2. The summed E-state index contributed by atoms with van der Waals surface area (Å²) in [5, 5.41) is 10.6. The second-order valence-corrected chi connectivity index (χ2v) is 6.85. The first-order valence-electron chi connectivity index (χ1n) is 7.60. The minimum absolute atomic E-state index is 0.0596. The number of hydrogen-bond donors (Lipinski definition) is 0. The van der Waals surface area contributed by atoms with Crippen LogP contribution in [0.4, 0.5) is 19.3 Å². The van der Waals surface area contributed by atoms with Gasteiger partial charge in [0, 0.05) is 18.7 Å². The van der Waals surface area contributed by atoms with Crippen molar-refractivity contribution in [3.63, 3.8) is 0 Å². The second-order valence-electron chi connectivity index (χ2n) is 6.85. The van der Waals surface area contributed by atoms with Crippen LogP contribution in [0.3, 0.4) is 0 Å². The third-order valence-corrected chi connectivity index (χ3v) is 3.76. The molecular formula is C16H20F2N2O4. The SMILES string of the molecule is CC(C)(C)OC(=O)N1CCC(c2ccc([N+](=O)[O-])cc2)C(F)(F)C1. The molecule has 24 heavy (non-hydrogen) atoms. The number of alkyl halides is 2. The zero-order valence-electron chi connectivity index (χ0n) is 13.8. The fourth-order valence-corrected chi connectivity index (χ4v) is 2.66. The standard InChI is InChI=1S/C16H20F2N2O4/c1-15(2,3)24-14(21)19-9-8-13(16(17,18)10-19)11-4-6-12(7-5-11)20(22)23/h4-7,13H,8-10H2,1-3H3. The topological polar surface area (TPSA) is 72.7 Å². The quantitative estimate of drug-likeness (QED) is 0.602. The predicted octanol–water partition coefficient (Wildman–Crippen LogP) is 3.95. The summed E-state index contributed by atoms with van der Waals surface area (Å²) < 4.78 is 34.1. The highest BCUT2D eigenvalue weighted by atomic mass is 19.3. The molecule has 0 aromatic heterocycles. The lowest BCUT2D eigenvalue weighted by Crippen LogP contribution is -2.50. The molecule has 8 heteroatoms. The molecule has 0 radical (unpaired) electrons. The van der Waals surface area contributed by atoms with Crippen LogP contribution in [0.15, 0.2) is 24.3 Å². The number of carbonyl (C=O) groups is 1. The van der Waals surface area contributed by atoms with Gasteiger partial charge in [-0.1, -0.05) is 12.1 Å². The Morgan fingerprint density at radius 1 is 1.33 bits per heavy atom. The van der Waals surface area contributed by atoms with E-state index in [9.17, 15) is 23.7 Å². The molecule has 0 saturated carbocycles. The zero-order chi connectivity index (χ0) is 18.1. The molecule has 0 bridgehead atoms. The van der Waals surface area contributed by atoms with E-state index in [1.807, 2.05) is 0 Å². The Balaban J connectivity index is 2.11. The van der Waals surface area contributed by atoms with Crippen LogP contribution in [0.25, 0.3) is 0 Å². The summed E-state index contributed by atoms with van der Waals surface area (Å²) >= 11 is 0. The molecule has 1 aromatic carbocycles. The number of nitro groups is 1. The summed E-state index contributed by atoms with van der Waals surface area (Å²) in [5.74, 6) is -4.22. The number of nitro benzene ring substituents is 1. The molecule has 1 aliphatic heterocycles. The molecule has 0 N–H and O–H groups in total. The third-order valence-electron chi connectivity index (χ3n) is 3.76. The first-order valence-corrected chi connectivity index (χ1v) is 7.60. The molecule has 132 valence electrons. The van der Waals surface area contributed by atoms with Gasteiger partial charge in [0.15, 0.2) is 0 Å². The lowest BCUT2D eigenvalue weighted by Gasteiger charge is -2.39. The smallest absolute Gasteiger partial charge is 0.410 e. The second kappa shape index (κ2) is 6.33. The van der Waals surface area contributed by atoms with Crippen LogP contribution >= 0.6 is 0 Å². The fraction of sp³-hybridized carbons (Fsp3) is 0.562.